The predicted octanol–water partition coefficient (Wildman–Crippen LogP) is 4.53. The number of anilines is 1. The van der Waals surface area contributed by atoms with Gasteiger partial charge in [-0.05, 0) is 70.2 Å². The lowest BCUT2D eigenvalue weighted by Crippen LogP contribution is -2.30. The highest BCUT2D eigenvalue weighted by atomic mass is 16.6. The first-order chi connectivity index (χ1) is 14.3. The Morgan fingerprint density at radius 3 is 2.43 bits per heavy atom. The highest BCUT2D eigenvalue weighted by Crippen LogP contribution is 2.29. The molecule has 0 fully saturated rings. The van der Waals surface area contributed by atoms with Gasteiger partial charge in [-0.1, -0.05) is 0 Å². The van der Waals surface area contributed by atoms with Crippen LogP contribution in [0.4, 0.5) is 5.69 Å². The first-order valence-electron chi connectivity index (χ1n) is 9.59. The summed E-state index contributed by atoms with van der Waals surface area (Å²) in [5, 5.41) is 3.40. The van der Waals surface area contributed by atoms with Crippen molar-refractivity contribution in [1.82, 2.24) is 0 Å². The van der Waals surface area contributed by atoms with Crippen LogP contribution in [0.2, 0.25) is 0 Å². The maximum atomic E-state index is 12.6. The molecule has 1 amide bonds. The second-order valence-electron chi connectivity index (χ2n) is 6.82. The summed E-state index contributed by atoms with van der Waals surface area (Å²) < 4.78 is 16.4. The van der Waals surface area contributed by atoms with E-state index in [1.165, 1.54) is 13.8 Å². The zero-order chi connectivity index (χ0) is 21.8. The Kier molecular flexibility index (Phi) is 6.20. The molecule has 0 aliphatic rings. The molecule has 1 heterocycles. The summed E-state index contributed by atoms with van der Waals surface area (Å²) in [6, 6.07) is 11.7. The van der Waals surface area contributed by atoms with Gasteiger partial charge in [-0.3, -0.25) is 9.59 Å². The molecule has 0 radical (unpaired) electrons. The van der Waals surface area contributed by atoms with Crippen molar-refractivity contribution >= 4 is 34.3 Å². The second kappa shape index (κ2) is 8.82. The fraction of sp³-hybridized carbons (Fsp3) is 0.261. The monoisotopic (exact) mass is 409 g/mol. The van der Waals surface area contributed by atoms with Crippen molar-refractivity contribution in [1.29, 1.82) is 0 Å². The molecular formula is C23H23NO6. The smallest absolute Gasteiger partial charge is 0.375 e. The molecule has 7 heteroatoms. The largest absolute Gasteiger partial charge is 0.494 e. The number of carbonyl (C=O) groups excluding carboxylic acids is 3. The van der Waals surface area contributed by atoms with E-state index in [1.807, 2.05) is 6.92 Å². The van der Waals surface area contributed by atoms with E-state index in [2.05, 4.69) is 5.32 Å². The zero-order valence-electron chi connectivity index (χ0n) is 17.3. The van der Waals surface area contributed by atoms with Crippen LogP contribution in [-0.4, -0.2) is 30.4 Å². The molecular weight excluding hydrogens is 386 g/mol. The third kappa shape index (κ3) is 4.51. The van der Waals surface area contributed by atoms with Crippen molar-refractivity contribution < 1.29 is 28.3 Å². The zero-order valence-corrected chi connectivity index (χ0v) is 17.3. The summed E-state index contributed by atoms with van der Waals surface area (Å²) in [5.41, 5.74) is 2.19. The Bertz CT molecular complexity index is 1100. The fourth-order valence-corrected chi connectivity index (χ4v) is 2.95. The third-order valence-electron chi connectivity index (χ3n) is 4.62. The Labute approximate surface area is 174 Å². The number of Topliss-reactive ketones (excluding diaryl/α,β-unsaturated/α-hetero) is 1. The molecule has 30 heavy (non-hydrogen) atoms. The average Bonchev–Trinajstić information content (AvgIpc) is 3.05. The van der Waals surface area contributed by atoms with E-state index in [1.54, 1.807) is 49.4 Å². The van der Waals surface area contributed by atoms with Gasteiger partial charge in [-0.25, -0.2) is 4.79 Å². The molecule has 156 valence electrons. The summed E-state index contributed by atoms with van der Waals surface area (Å²) >= 11 is 0. The lowest BCUT2D eigenvalue weighted by atomic mass is 10.1. The van der Waals surface area contributed by atoms with Crippen molar-refractivity contribution in [2.75, 3.05) is 11.9 Å². The maximum Gasteiger partial charge on any atom is 0.375 e. The summed E-state index contributed by atoms with van der Waals surface area (Å²) in [6.45, 7) is 7.11. The number of ether oxygens (including phenoxy) is 2. The van der Waals surface area contributed by atoms with Gasteiger partial charge < -0.3 is 19.2 Å². The minimum Gasteiger partial charge on any atom is -0.494 e. The number of hydrogen-bond acceptors (Lipinski definition) is 6. The summed E-state index contributed by atoms with van der Waals surface area (Å²) in [4.78, 5) is 36.3. The normalized spacial score (nSPS) is 11.7. The topological polar surface area (TPSA) is 94.8 Å². The summed E-state index contributed by atoms with van der Waals surface area (Å²) in [5.74, 6) is -0.561. The van der Waals surface area contributed by atoms with Gasteiger partial charge in [0.05, 0.1) is 6.61 Å². The molecule has 0 aliphatic carbocycles. The van der Waals surface area contributed by atoms with Crippen LogP contribution in [0.3, 0.4) is 0 Å². The molecule has 0 saturated carbocycles. The third-order valence-corrected chi connectivity index (χ3v) is 4.62. The van der Waals surface area contributed by atoms with Crippen LogP contribution in [0.15, 0.2) is 46.9 Å². The van der Waals surface area contributed by atoms with E-state index >= 15 is 0 Å². The van der Waals surface area contributed by atoms with E-state index < -0.39 is 18.0 Å². The van der Waals surface area contributed by atoms with Crippen molar-refractivity contribution in [3.8, 4) is 5.75 Å². The molecule has 2 aromatic carbocycles. The summed E-state index contributed by atoms with van der Waals surface area (Å²) in [6.07, 6.45) is -1.04. The Morgan fingerprint density at radius 2 is 1.80 bits per heavy atom. The maximum absolute atomic E-state index is 12.6. The second-order valence-corrected chi connectivity index (χ2v) is 6.82. The van der Waals surface area contributed by atoms with Gasteiger partial charge in [0.2, 0.25) is 5.76 Å². The van der Waals surface area contributed by atoms with E-state index in [9.17, 15) is 14.4 Å². The van der Waals surface area contributed by atoms with Gasteiger partial charge in [0.1, 0.15) is 11.3 Å². The molecule has 1 N–H and O–H groups in total. The van der Waals surface area contributed by atoms with Gasteiger partial charge in [0, 0.05) is 22.2 Å². The highest BCUT2D eigenvalue weighted by Gasteiger charge is 2.24. The predicted molar refractivity (Wildman–Crippen MR) is 112 cm³/mol. The quantitative estimate of drug-likeness (QED) is 0.455. The standard InChI is InChI=1S/C23H23NO6/c1-5-28-18-10-11-20-19(12-18)13(2)21(30-20)23(27)29-15(4)22(26)24-17-8-6-16(7-9-17)14(3)25/h6-12,15H,5H2,1-4H3,(H,24,26)/t15-/m0/s1. The lowest BCUT2D eigenvalue weighted by Gasteiger charge is -2.13. The number of fused-ring (bicyclic) bond motifs is 1. The Hall–Kier alpha value is -3.61. The Morgan fingerprint density at radius 1 is 1.10 bits per heavy atom. The minimum absolute atomic E-state index is 0.0455. The number of carbonyl (C=O) groups is 3. The molecule has 0 bridgehead atoms. The molecule has 0 saturated heterocycles. The van der Waals surface area contributed by atoms with Crippen LogP contribution in [0.5, 0.6) is 5.75 Å². The summed E-state index contributed by atoms with van der Waals surface area (Å²) in [7, 11) is 0. The number of amides is 1. The van der Waals surface area contributed by atoms with Gasteiger partial charge in [-0.2, -0.15) is 0 Å². The highest BCUT2D eigenvalue weighted by molar-refractivity contribution is 6.00. The number of esters is 1. The van der Waals surface area contributed by atoms with Crippen LogP contribution in [0.1, 0.15) is 47.2 Å². The van der Waals surface area contributed by atoms with E-state index in [0.29, 0.717) is 34.8 Å². The van der Waals surface area contributed by atoms with Gasteiger partial charge in [0.15, 0.2) is 11.9 Å². The molecule has 3 rings (SSSR count). The molecule has 0 spiro atoms. The molecule has 0 unspecified atom stereocenters. The van der Waals surface area contributed by atoms with E-state index in [4.69, 9.17) is 13.9 Å². The first-order valence-corrected chi connectivity index (χ1v) is 9.59. The van der Waals surface area contributed by atoms with Crippen molar-refractivity contribution in [3.05, 3.63) is 59.4 Å². The van der Waals surface area contributed by atoms with Gasteiger partial charge in [0.25, 0.3) is 5.91 Å². The number of nitrogens with one attached hydrogen (secondary N) is 1. The molecule has 0 aliphatic heterocycles. The molecule has 3 aromatic rings. The molecule has 1 atom stereocenters. The van der Waals surface area contributed by atoms with Crippen molar-refractivity contribution in [3.63, 3.8) is 0 Å². The van der Waals surface area contributed by atoms with Crippen molar-refractivity contribution in [2.45, 2.75) is 33.8 Å². The van der Waals surface area contributed by atoms with Crippen LogP contribution < -0.4 is 10.1 Å². The van der Waals surface area contributed by atoms with Crippen LogP contribution in [0, 0.1) is 6.92 Å². The first kappa shape index (κ1) is 21.1. The van der Waals surface area contributed by atoms with Crippen LogP contribution in [0.25, 0.3) is 11.0 Å². The number of hydrogen-bond donors (Lipinski definition) is 1. The van der Waals surface area contributed by atoms with E-state index in [-0.39, 0.29) is 11.5 Å². The molecule has 7 nitrogen and oxygen atoms in total. The molecule has 1 aromatic heterocycles. The SMILES string of the molecule is CCOc1ccc2oc(C(=O)O[C@@H](C)C(=O)Nc3ccc(C(C)=O)cc3)c(C)c2c1. The van der Waals surface area contributed by atoms with Gasteiger partial charge >= 0.3 is 5.97 Å². The van der Waals surface area contributed by atoms with Crippen molar-refractivity contribution in [2.24, 2.45) is 0 Å². The average molecular weight is 409 g/mol. The number of ketones is 1. The number of furan rings is 1. The van der Waals surface area contributed by atoms with Gasteiger partial charge in [-0.15, -0.1) is 0 Å². The Balaban J connectivity index is 1.69. The lowest BCUT2D eigenvalue weighted by molar-refractivity contribution is -0.123. The number of aryl methyl sites for hydroxylation is 1. The van der Waals surface area contributed by atoms with Crippen LogP contribution >= 0.6 is 0 Å². The number of benzene rings is 2. The minimum atomic E-state index is -1.04. The number of rotatable bonds is 7. The van der Waals surface area contributed by atoms with E-state index in [0.717, 1.165) is 5.39 Å². The van der Waals surface area contributed by atoms with Crippen LogP contribution in [-0.2, 0) is 9.53 Å². The fourth-order valence-electron chi connectivity index (χ4n) is 2.95.